The van der Waals surface area contributed by atoms with Crippen LogP contribution in [0.1, 0.15) is 50.0 Å². The van der Waals surface area contributed by atoms with Crippen molar-refractivity contribution >= 4 is 39.0 Å². The largest absolute Gasteiger partial charge is 0.455 e. The van der Waals surface area contributed by atoms with E-state index in [0.29, 0.717) is 16.9 Å². The molecule has 0 saturated carbocycles. The van der Waals surface area contributed by atoms with E-state index in [9.17, 15) is 5.48 Å². The second kappa shape index (κ2) is 15.8. The molecular formula is C68H45NO. The Bertz CT molecular complexity index is 4070. The van der Waals surface area contributed by atoms with Gasteiger partial charge in [0.2, 0.25) is 0 Å². The van der Waals surface area contributed by atoms with E-state index >= 15 is 0 Å². The molecule has 0 atom stereocenters. The summed E-state index contributed by atoms with van der Waals surface area (Å²) < 4.78 is 47.9. The molecule has 0 bridgehead atoms. The van der Waals surface area contributed by atoms with E-state index in [4.69, 9.17) is 4.42 Å². The first-order valence-corrected chi connectivity index (χ1v) is 23.9. The topological polar surface area (TPSA) is 16.4 Å². The molecular weight excluding hydrogens is 847 g/mol. The fourth-order valence-corrected chi connectivity index (χ4v) is 12.0. The molecule has 2 nitrogen and oxygen atoms in total. The second-order valence-corrected chi connectivity index (χ2v) is 18.4. The van der Waals surface area contributed by atoms with Crippen LogP contribution in [-0.4, -0.2) is 0 Å². The molecule has 14 rings (SSSR count). The quantitative estimate of drug-likeness (QED) is 0.151. The Morgan fingerprint density at radius 1 is 0.314 bits per heavy atom. The number of hydrogen-bond acceptors (Lipinski definition) is 2. The number of nitrogens with zero attached hydrogens (tertiary/aromatic N) is 1. The molecule has 0 unspecified atom stereocenters. The third-order valence-corrected chi connectivity index (χ3v) is 14.9. The fourth-order valence-electron chi connectivity index (χ4n) is 12.0. The molecule has 2 aliphatic carbocycles. The van der Waals surface area contributed by atoms with E-state index in [0.717, 1.165) is 94.3 Å². The van der Waals surface area contributed by atoms with Gasteiger partial charge in [-0.15, -0.1) is 0 Å². The predicted octanol–water partition coefficient (Wildman–Crippen LogP) is 17.4. The molecule has 0 spiro atoms. The van der Waals surface area contributed by atoms with Crippen LogP contribution in [-0.2, 0) is 10.8 Å². The molecule has 11 aromatic carbocycles. The summed E-state index contributed by atoms with van der Waals surface area (Å²) in [5.41, 5.74) is 14.9. The average molecular weight is 896 g/mol. The summed E-state index contributed by atoms with van der Waals surface area (Å²) in [6.07, 6.45) is 0. The molecule has 2 heteroatoms. The van der Waals surface area contributed by atoms with Gasteiger partial charge in [0.05, 0.1) is 16.3 Å². The van der Waals surface area contributed by atoms with Crippen molar-refractivity contribution in [1.82, 2.24) is 0 Å². The van der Waals surface area contributed by atoms with Gasteiger partial charge in [-0.25, -0.2) is 0 Å². The molecule has 0 N–H and O–H groups in total. The number of anilines is 3. The maximum Gasteiger partial charge on any atom is 0.143 e. The van der Waals surface area contributed by atoms with E-state index in [2.05, 4.69) is 164 Å². The van der Waals surface area contributed by atoms with Crippen LogP contribution in [0.5, 0.6) is 0 Å². The lowest BCUT2D eigenvalue weighted by Crippen LogP contribution is -2.29. The first-order valence-electron chi connectivity index (χ1n) is 25.9. The fraction of sp³-hybridized carbons (Fsp3) is 0.0294. The van der Waals surface area contributed by atoms with Crippen molar-refractivity contribution in [3.05, 3.63) is 317 Å². The first-order chi connectivity index (χ1) is 36.4. The molecule has 0 amide bonds. The zero-order valence-corrected chi connectivity index (χ0v) is 38.0. The Kier molecular flexibility index (Phi) is 8.15. The number of rotatable bonds is 8. The zero-order chi connectivity index (χ0) is 49.7. The van der Waals surface area contributed by atoms with Gasteiger partial charge in [-0.1, -0.05) is 230 Å². The summed E-state index contributed by atoms with van der Waals surface area (Å²) in [6, 6.07) is 84.8. The van der Waals surface area contributed by atoms with Crippen molar-refractivity contribution in [2.75, 3.05) is 4.90 Å². The van der Waals surface area contributed by atoms with Gasteiger partial charge in [0.1, 0.15) is 11.2 Å². The van der Waals surface area contributed by atoms with Gasteiger partial charge < -0.3 is 9.32 Å². The zero-order valence-electron chi connectivity index (χ0n) is 42.0. The van der Waals surface area contributed by atoms with Gasteiger partial charge in [0.15, 0.2) is 0 Å². The van der Waals surface area contributed by atoms with Gasteiger partial charge in [-0.3, -0.25) is 0 Å². The number of hydrogen-bond donors (Lipinski definition) is 0. The predicted molar refractivity (Wildman–Crippen MR) is 288 cm³/mol. The molecule has 0 saturated heterocycles. The van der Waals surface area contributed by atoms with Crippen molar-refractivity contribution in [3.63, 3.8) is 0 Å². The Morgan fingerprint density at radius 3 is 1.33 bits per heavy atom. The van der Waals surface area contributed by atoms with E-state index in [1.165, 1.54) is 0 Å². The summed E-state index contributed by atoms with van der Waals surface area (Å²) in [7, 11) is 0. The standard InChI is InChI=1S/C68H45NO/c1-4-19-47(20-5-1)67(61-31-14-10-25-55(61)56-26-11-15-32-62(56)67)50-37-41-52(42-38-50)69(51-39-35-46(36-40-51)54-29-18-30-60-59-28-13-17-34-65(59)70-66(54)60)53-43-44-58-57-27-12-16-33-63(57)68(64(58)45-53,48-21-6-2-7-22-48)49-23-8-3-9-24-49/h1-45H/i37D,38D,41D,42D. The highest BCUT2D eigenvalue weighted by Gasteiger charge is 2.47. The van der Waals surface area contributed by atoms with Gasteiger partial charge in [-0.2, -0.15) is 0 Å². The minimum Gasteiger partial charge on any atom is -0.455 e. The van der Waals surface area contributed by atoms with Crippen LogP contribution in [0.2, 0.25) is 0 Å². The summed E-state index contributed by atoms with van der Waals surface area (Å²) >= 11 is 0. The van der Waals surface area contributed by atoms with E-state index < -0.39 is 10.8 Å². The second-order valence-electron chi connectivity index (χ2n) is 18.4. The minimum absolute atomic E-state index is 0.106. The normalized spacial score (nSPS) is 14.5. The SMILES string of the molecule is [2H]c1c([2H])c(C2(c3ccccc3)c3ccccc3-c3ccccc32)c([2H])c([2H])c1N(c1ccc(-c2cccc3c2oc2ccccc23)cc1)c1ccc2c(c1)C(c1ccccc1)(c1ccccc1)c1ccccc1-2. The number of para-hydroxylation sites is 2. The summed E-state index contributed by atoms with van der Waals surface area (Å²) in [6.45, 7) is 0. The Balaban J connectivity index is 1.03. The van der Waals surface area contributed by atoms with Gasteiger partial charge >= 0.3 is 0 Å². The van der Waals surface area contributed by atoms with Gasteiger partial charge in [0.25, 0.3) is 0 Å². The lowest BCUT2D eigenvalue weighted by atomic mass is 9.67. The Labute approximate surface area is 413 Å². The molecule has 70 heavy (non-hydrogen) atoms. The molecule has 2 aliphatic rings. The van der Waals surface area contributed by atoms with Crippen LogP contribution in [0.4, 0.5) is 17.1 Å². The van der Waals surface area contributed by atoms with Crippen LogP contribution in [0.25, 0.3) is 55.3 Å². The van der Waals surface area contributed by atoms with Crippen molar-refractivity contribution in [1.29, 1.82) is 0 Å². The summed E-state index contributed by atoms with van der Waals surface area (Å²) in [4.78, 5) is 1.94. The summed E-state index contributed by atoms with van der Waals surface area (Å²) in [5.74, 6) is 0. The van der Waals surface area contributed by atoms with Crippen LogP contribution in [0.15, 0.2) is 277 Å². The molecule has 1 heterocycles. The smallest absolute Gasteiger partial charge is 0.143 e. The monoisotopic (exact) mass is 895 g/mol. The number of furan rings is 1. The van der Waals surface area contributed by atoms with Gasteiger partial charge in [0, 0.05) is 33.4 Å². The third kappa shape index (κ3) is 5.74. The highest BCUT2D eigenvalue weighted by Crippen LogP contribution is 2.59. The lowest BCUT2D eigenvalue weighted by molar-refractivity contribution is 0.670. The molecule has 328 valence electrons. The van der Waals surface area contributed by atoms with Gasteiger partial charge in [-0.05, 0) is 115 Å². The van der Waals surface area contributed by atoms with E-state index in [-0.39, 0.29) is 29.9 Å². The highest BCUT2D eigenvalue weighted by molar-refractivity contribution is 6.09. The van der Waals surface area contributed by atoms with Crippen molar-refractivity contribution in [2.24, 2.45) is 0 Å². The van der Waals surface area contributed by atoms with Crippen molar-refractivity contribution in [3.8, 4) is 33.4 Å². The van der Waals surface area contributed by atoms with E-state index in [1.54, 1.807) is 0 Å². The Morgan fingerprint density at radius 2 is 0.757 bits per heavy atom. The van der Waals surface area contributed by atoms with Crippen LogP contribution >= 0.6 is 0 Å². The molecule has 0 aliphatic heterocycles. The maximum atomic E-state index is 10.4. The molecule has 12 aromatic rings. The lowest BCUT2D eigenvalue weighted by Gasteiger charge is -2.35. The third-order valence-electron chi connectivity index (χ3n) is 14.9. The summed E-state index contributed by atoms with van der Waals surface area (Å²) in [5, 5.41) is 2.09. The highest BCUT2D eigenvalue weighted by atomic mass is 16.3. The average Bonchev–Trinajstić information content (AvgIpc) is 4.12. The van der Waals surface area contributed by atoms with Crippen molar-refractivity contribution < 1.29 is 9.90 Å². The number of fused-ring (bicyclic) bond motifs is 9. The molecule has 0 radical (unpaired) electrons. The molecule has 1 aromatic heterocycles. The Hall–Kier alpha value is -8.98. The van der Waals surface area contributed by atoms with Crippen molar-refractivity contribution in [2.45, 2.75) is 10.8 Å². The minimum atomic E-state index is -1.15. The van der Waals surface area contributed by atoms with Crippen LogP contribution < -0.4 is 4.90 Å². The van der Waals surface area contributed by atoms with Crippen LogP contribution in [0.3, 0.4) is 0 Å². The molecule has 0 fully saturated rings. The van der Waals surface area contributed by atoms with Crippen LogP contribution in [0, 0.1) is 0 Å². The first kappa shape index (κ1) is 36.1. The maximum absolute atomic E-state index is 10.4. The number of benzene rings is 11. The van der Waals surface area contributed by atoms with E-state index in [1.807, 2.05) is 89.8 Å².